The number of hydrogen-bond acceptors (Lipinski definition) is 5. The van der Waals surface area contributed by atoms with Crippen molar-refractivity contribution < 1.29 is 19.1 Å². The first kappa shape index (κ1) is 22.0. The molecule has 0 fully saturated rings. The van der Waals surface area contributed by atoms with Gasteiger partial charge in [-0.15, -0.1) is 11.8 Å². The average molecular weight is 381 g/mol. The zero-order valence-corrected chi connectivity index (χ0v) is 16.7. The summed E-state index contributed by atoms with van der Waals surface area (Å²) >= 11 is 1.26. The van der Waals surface area contributed by atoms with Crippen LogP contribution in [0.4, 0.5) is 0 Å². The van der Waals surface area contributed by atoms with Gasteiger partial charge in [-0.25, -0.2) is 4.79 Å². The van der Waals surface area contributed by atoms with E-state index in [2.05, 4.69) is 10.6 Å². The van der Waals surface area contributed by atoms with Crippen LogP contribution in [0.25, 0.3) is 0 Å². The lowest BCUT2D eigenvalue weighted by atomic mass is 10.2. The van der Waals surface area contributed by atoms with Crippen LogP contribution in [-0.2, 0) is 14.3 Å². The SMILES string of the molecule is CCC(CC)NC(=O)COC(=O)c1ccccc1SCC(=O)NC(C)C. The third-order valence-electron chi connectivity index (χ3n) is 3.60. The van der Waals surface area contributed by atoms with Crippen molar-refractivity contribution in [2.24, 2.45) is 0 Å². The van der Waals surface area contributed by atoms with E-state index in [4.69, 9.17) is 4.74 Å². The summed E-state index contributed by atoms with van der Waals surface area (Å²) in [5.74, 6) is -0.777. The van der Waals surface area contributed by atoms with E-state index in [0.717, 1.165) is 12.8 Å². The van der Waals surface area contributed by atoms with Gasteiger partial charge in [-0.3, -0.25) is 9.59 Å². The number of amides is 2. The van der Waals surface area contributed by atoms with Crippen molar-refractivity contribution in [2.75, 3.05) is 12.4 Å². The van der Waals surface area contributed by atoms with E-state index in [9.17, 15) is 14.4 Å². The van der Waals surface area contributed by atoms with Crippen molar-refractivity contribution >= 4 is 29.5 Å². The van der Waals surface area contributed by atoms with E-state index < -0.39 is 5.97 Å². The molecule has 2 amide bonds. The normalized spacial score (nSPS) is 10.7. The highest BCUT2D eigenvalue weighted by Crippen LogP contribution is 2.23. The number of rotatable bonds is 10. The number of hydrogen-bond donors (Lipinski definition) is 2. The molecule has 1 aromatic carbocycles. The van der Waals surface area contributed by atoms with Gasteiger partial charge in [0, 0.05) is 17.0 Å². The molecular weight excluding hydrogens is 352 g/mol. The van der Waals surface area contributed by atoms with E-state index in [0.29, 0.717) is 10.5 Å². The van der Waals surface area contributed by atoms with Gasteiger partial charge in [0.25, 0.3) is 5.91 Å². The molecule has 0 saturated carbocycles. The predicted octanol–water partition coefficient (Wildman–Crippen LogP) is 2.76. The zero-order chi connectivity index (χ0) is 19.5. The molecule has 0 aliphatic carbocycles. The minimum atomic E-state index is -0.572. The second kappa shape index (κ2) is 11.6. The summed E-state index contributed by atoms with van der Waals surface area (Å²) in [5, 5.41) is 5.62. The largest absolute Gasteiger partial charge is 0.452 e. The molecule has 0 aliphatic rings. The Bertz CT molecular complexity index is 615. The van der Waals surface area contributed by atoms with Gasteiger partial charge in [0.15, 0.2) is 6.61 Å². The van der Waals surface area contributed by atoms with Crippen LogP contribution < -0.4 is 10.6 Å². The number of thioether (sulfide) groups is 1. The standard InChI is InChI=1S/C19H28N2O4S/c1-5-14(6-2)21-17(22)11-25-19(24)15-9-7-8-10-16(15)26-12-18(23)20-13(3)4/h7-10,13-14H,5-6,11-12H2,1-4H3,(H,20,23)(H,21,22). The Morgan fingerprint density at radius 3 is 2.31 bits per heavy atom. The first-order chi connectivity index (χ1) is 12.4. The molecule has 0 radical (unpaired) electrons. The number of nitrogens with one attached hydrogen (secondary N) is 2. The summed E-state index contributed by atoms with van der Waals surface area (Å²) in [5.41, 5.74) is 0.352. The van der Waals surface area contributed by atoms with E-state index in [1.165, 1.54) is 11.8 Å². The fraction of sp³-hybridized carbons (Fsp3) is 0.526. The smallest absolute Gasteiger partial charge is 0.339 e. The number of ether oxygens (including phenoxy) is 1. The molecule has 7 heteroatoms. The van der Waals surface area contributed by atoms with Gasteiger partial charge in [-0.1, -0.05) is 26.0 Å². The molecule has 0 aliphatic heterocycles. The maximum absolute atomic E-state index is 12.3. The Labute approximate surface area is 159 Å². The maximum atomic E-state index is 12.3. The van der Waals surface area contributed by atoms with Crippen molar-refractivity contribution in [3.05, 3.63) is 29.8 Å². The van der Waals surface area contributed by atoms with E-state index in [-0.39, 0.29) is 36.3 Å². The summed E-state index contributed by atoms with van der Waals surface area (Å²) in [6.07, 6.45) is 1.65. The molecule has 0 heterocycles. The van der Waals surface area contributed by atoms with Gasteiger partial charge in [0.1, 0.15) is 0 Å². The van der Waals surface area contributed by atoms with Gasteiger partial charge in [-0.05, 0) is 38.8 Å². The Morgan fingerprint density at radius 2 is 1.69 bits per heavy atom. The Kier molecular flexibility index (Phi) is 9.80. The van der Waals surface area contributed by atoms with Crippen LogP contribution in [0.5, 0.6) is 0 Å². The summed E-state index contributed by atoms with van der Waals surface area (Å²) in [4.78, 5) is 36.6. The lowest BCUT2D eigenvalue weighted by Crippen LogP contribution is -2.36. The molecule has 1 rings (SSSR count). The van der Waals surface area contributed by atoms with Crippen LogP contribution in [-0.4, -0.2) is 42.2 Å². The van der Waals surface area contributed by atoms with Crippen molar-refractivity contribution in [1.82, 2.24) is 10.6 Å². The molecule has 26 heavy (non-hydrogen) atoms. The van der Waals surface area contributed by atoms with Crippen LogP contribution in [0.15, 0.2) is 29.2 Å². The summed E-state index contributed by atoms with van der Waals surface area (Å²) in [7, 11) is 0. The maximum Gasteiger partial charge on any atom is 0.339 e. The van der Waals surface area contributed by atoms with Crippen LogP contribution >= 0.6 is 11.8 Å². The van der Waals surface area contributed by atoms with Crippen molar-refractivity contribution in [3.8, 4) is 0 Å². The third-order valence-corrected chi connectivity index (χ3v) is 4.67. The Morgan fingerprint density at radius 1 is 1.04 bits per heavy atom. The van der Waals surface area contributed by atoms with Crippen LogP contribution in [0.1, 0.15) is 50.9 Å². The Balaban J connectivity index is 2.61. The van der Waals surface area contributed by atoms with Gasteiger partial charge in [-0.2, -0.15) is 0 Å². The number of esters is 1. The fourth-order valence-electron chi connectivity index (χ4n) is 2.24. The topological polar surface area (TPSA) is 84.5 Å². The zero-order valence-electron chi connectivity index (χ0n) is 15.8. The van der Waals surface area contributed by atoms with Crippen LogP contribution in [0.3, 0.4) is 0 Å². The second-order valence-corrected chi connectivity index (χ2v) is 7.18. The van der Waals surface area contributed by atoms with Crippen molar-refractivity contribution in [2.45, 2.75) is 57.5 Å². The van der Waals surface area contributed by atoms with Gasteiger partial charge in [0.2, 0.25) is 5.91 Å². The number of carbonyl (C=O) groups is 3. The molecule has 144 valence electrons. The summed E-state index contributed by atoms with van der Waals surface area (Å²) < 4.78 is 5.13. The number of carbonyl (C=O) groups excluding carboxylic acids is 3. The number of benzene rings is 1. The van der Waals surface area contributed by atoms with Gasteiger partial charge < -0.3 is 15.4 Å². The molecule has 0 saturated heterocycles. The van der Waals surface area contributed by atoms with E-state index >= 15 is 0 Å². The molecule has 2 N–H and O–H groups in total. The van der Waals surface area contributed by atoms with E-state index in [1.54, 1.807) is 24.3 Å². The van der Waals surface area contributed by atoms with Gasteiger partial charge >= 0.3 is 5.97 Å². The highest BCUT2D eigenvalue weighted by Gasteiger charge is 2.16. The van der Waals surface area contributed by atoms with Crippen molar-refractivity contribution in [1.29, 1.82) is 0 Å². The third kappa shape index (κ3) is 7.91. The fourth-order valence-corrected chi connectivity index (χ4v) is 3.09. The summed E-state index contributed by atoms with van der Waals surface area (Å²) in [6.45, 7) is 7.44. The molecule has 0 atom stereocenters. The predicted molar refractivity (Wildman–Crippen MR) is 103 cm³/mol. The molecular formula is C19H28N2O4S. The lowest BCUT2D eigenvalue weighted by molar-refractivity contribution is -0.125. The molecule has 0 aromatic heterocycles. The van der Waals surface area contributed by atoms with Crippen molar-refractivity contribution in [3.63, 3.8) is 0 Å². The molecule has 0 spiro atoms. The lowest BCUT2D eigenvalue weighted by Gasteiger charge is -2.15. The first-order valence-corrected chi connectivity index (χ1v) is 9.83. The molecule has 0 unspecified atom stereocenters. The first-order valence-electron chi connectivity index (χ1n) is 8.85. The Hall–Kier alpha value is -2.02. The summed E-state index contributed by atoms with van der Waals surface area (Å²) in [6, 6.07) is 7.05. The quantitative estimate of drug-likeness (QED) is 0.482. The van der Waals surface area contributed by atoms with Crippen LogP contribution in [0.2, 0.25) is 0 Å². The second-order valence-electron chi connectivity index (χ2n) is 6.16. The highest BCUT2D eigenvalue weighted by atomic mass is 32.2. The molecule has 1 aromatic rings. The minimum Gasteiger partial charge on any atom is -0.452 e. The highest BCUT2D eigenvalue weighted by molar-refractivity contribution is 8.00. The van der Waals surface area contributed by atoms with Crippen LogP contribution in [0, 0.1) is 0 Å². The average Bonchev–Trinajstić information content (AvgIpc) is 2.62. The monoisotopic (exact) mass is 380 g/mol. The minimum absolute atomic E-state index is 0.0666. The molecule has 0 bridgehead atoms. The molecule has 6 nitrogen and oxygen atoms in total. The van der Waals surface area contributed by atoms with Gasteiger partial charge in [0.05, 0.1) is 11.3 Å². The van der Waals surface area contributed by atoms with E-state index in [1.807, 2.05) is 27.7 Å².